The molecular weight excluding hydrogens is 312 g/mol. The first-order valence-electron chi connectivity index (χ1n) is 7.19. The normalized spacial score (nSPS) is 11.3. The lowest BCUT2D eigenvalue weighted by Crippen LogP contribution is -2.39. The van der Waals surface area contributed by atoms with Gasteiger partial charge in [-0.05, 0) is 31.9 Å². The van der Waals surface area contributed by atoms with Gasteiger partial charge in [0.15, 0.2) is 11.1 Å². The summed E-state index contributed by atoms with van der Waals surface area (Å²) in [6, 6.07) is 8.70. The molecule has 7 nitrogen and oxygen atoms in total. The summed E-state index contributed by atoms with van der Waals surface area (Å²) in [6.07, 6.45) is 1.65. The lowest BCUT2D eigenvalue weighted by Gasteiger charge is -2.06. The molecule has 0 aliphatic heterocycles. The molecule has 0 saturated carbocycles. The summed E-state index contributed by atoms with van der Waals surface area (Å²) in [5.74, 6) is 0.0963. The molecule has 23 heavy (non-hydrogen) atoms. The van der Waals surface area contributed by atoms with Gasteiger partial charge in [0.1, 0.15) is 0 Å². The minimum Gasteiger partial charge on any atom is -0.375 e. The van der Waals surface area contributed by atoms with Crippen molar-refractivity contribution in [3.8, 4) is 0 Å². The highest BCUT2D eigenvalue weighted by Crippen LogP contribution is 2.20. The van der Waals surface area contributed by atoms with Crippen molar-refractivity contribution in [1.82, 2.24) is 10.3 Å². The third-order valence-electron chi connectivity index (χ3n) is 3.03. The summed E-state index contributed by atoms with van der Waals surface area (Å²) < 4.78 is 0. The fourth-order valence-electron chi connectivity index (χ4n) is 1.96. The molecule has 1 heterocycles. The number of hydrogen-bond donors (Lipinski definition) is 4. The van der Waals surface area contributed by atoms with E-state index in [2.05, 4.69) is 20.6 Å². The third-order valence-corrected chi connectivity index (χ3v) is 4.07. The molecule has 6 N–H and O–H groups in total. The number of hydrogen-bond acceptors (Lipinski definition) is 5. The first-order chi connectivity index (χ1) is 11.0. The van der Waals surface area contributed by atoms with Crippen LogP contribution in [0.3, 0.4) is 0 Å². The molecule has 0 radical (unpaired) electrons. The van der Waals surface area contributed by atoms with Crippen molar-refractivity contribution in [2.24, 2.45) is 10.7 Å². The van der Waals surface area contributed by atoms with Gasteiger partial charge in [-0.15, -0.1) is 11.3 Å². The highest BCUT2D eigenvalue weighted by Gasteiger charge is 2.05. The number of nitrogen functional groups attached to an aromatic ring is 1. The average Bonchev–Trinajstić information content (AvgIpc) is 2.82. The van der Waals surface area contributed by atoms with Gasteiger partial charge < -0.3 is 16.8 Å². The zero-order chi connectivity index (χ0) is 16.7. The monoisotopic (exact) mass is 332 g/mol. The molecule has 0 bridgehead atoms. The van der Waals surface area contributed by atoms with E-state index in [0.717, 1.165) is 23.4 Å². The van der Waals surface area contributed by atoms with Crippen molar-refractivity contribution in [1.29, 1.82) is 0 Å². The van der Waals surface area contributed by atoms with Crippen molar-refractivity contribution >= 4 is 34.1 Å². The molecule has 1 aromatic carbocycles. The van der Waals surface area contributed by atoms with Crippen molar-refractivity contribution in [2.45, 2.75) is 19.8 Å². The molecule has 2 amide bonds. The molecule has 0 fully saturated rings. The Hall–Kier alpha value is -2.61. The number of aromatic nitrogens is 1. The summed E-state index contributed by atoms with van der Waals surface area (Å²) in [7, 11) is 0. The number of guanidine groups is 1. The van der Waals surface area contributed by atoms with Crippen LogP contribution in [0.25, 0.3) is 0 Å². The number of aryl methyl sites for hydroxylation is 2. The van der Waals surface area contributed by atoms with Crippen LogP contribution in [0.5, 0.6) is 0 Å². The largest absolute Gasteiger partial charge is 0.375 e. The topological polar surface area (TPSA) is 118 Å². The van der Waals surface area contributed by atoms with Crippen LogP contribution in [0.15, 0.2) is 35.3 Å². The van der Waals surface area contributed by atoms with Crippen LogP contribution in [0.4, 0.5) is 15.6 Å². The number of urea groups is 1. The Balaban J connectivity index is 1.72. The van der Waals surface area contributed by atoms with E-state index in [0.29, 0.717) is 17.4 Å². The van der Waals surface area contributed by atoms with Crippen molar-refractivity contribution in [2.75, 3.05) is 17.6 Å². The second-order valence-corrected chi connectivity index (χ2v) is 5.99. The Morgan fingerprint density at radius 2 is 2.09 bits per heavy atom. The van der Waals surface area contributed by atoms with E-state index in [9.17, 15) is 4.79 Å². The highest BCUT2D eigenvalue weighted by atomic mass is 32.1. The summed E-state index contributed by atoms with van der Waals surface area (Å²) >= 11 is 1.49. The molecule has 0 atom stereocenters. The number of benzene rings is 1. The predicted molar refractivity (Wildman–Crippen MR) is 94.7 cm³/mol. The number of thiazole rings is 1. The lowest BCUT2D eigenvalue weighted by atomic mass is 10.2. The van der Waals surface area contributed by atoms with Gasteiger partial charge in [0, 0.05) is 17.1 Å². The average molecular weight is 332 g/mol. The number of nitrogens with two attached hydrogens (primary N) is 2. The Bertz CT molecular complexity index is 683. The summed E-state index contributed by atoms with van der Waals surface area (Å²) in [4.78, 5) is 21.2. The number of nitrogens with zero attached hydrogens (tertiary/aromatic N) is 2. The van der Waals surface area contributed by atoms with Gasteiger partial charge in [0.25, 0.3) is 0 Å². The molecule has 122 valence electrons. The van der Waals surface area contributed by atoms with E-state index < -0.39 is 6.03 Å². The Labute approximate surface area is 138 Å². The van der Waals surface area contributed by atoms with Crippen LogP contribution >= 0.6 is 11.3 Å². The van der Waals surface area contributed by atoms with Gasteiger partial charge in [-0.3, -0.25) is 10.3 Å². The van der Waals surface area contributed by atoms with E-state index in [4.69, 9.17) is 11.5 Å². The van der Waals surface area contributed by atoms with Gasteiger partial charge in [0.2, 0.25) is 0 Å². The van der Waals surface area contributed by atoms with Crippen LogP contribution in [-0.2, 0) is 6.42 Å². The predicted octanol–water partition coefficient (Wildman–Crippen LogP) is 2.10. The standard InChI is InChI=1S/C15H20N6OS/c1-10-12(23-14(17)19-10)8-5-9-18-13(16)21-15(22)20-11-6-3-2-4-7-11/h2-4,6-7H,5,8-9H2,1H3,(H2,17,19)(H4,16,18,20,21,22). The molecule has 0 aliphatic carbocycles. The first kappa shape index (κ1) is 16.8. The maximum atomic E-state index is 11.7. The number of carbonyl (C=O) groups is 1. The highest BCUT2D eigenvalue weighted by molar-refractivity contribution is 7.15. The molecule has 0 aliphatic rings. The minimum atomic E-state index is -0.413. The summed E-state index contributed by atoms with van der Waals surface area (Å²) in [5.41, 5.74) is 13.0. The van der Waals surface area contributed by atoms with Crippen molar-refractivity contribution in [3.05, 3.63) is 40.9 Å². The number of amides is 2. The maximum absolute atomic E-state index is 11.7. The minimum absolute atomic E-state index is 0.0963. The Morgan fingerprint density at radius 3 is 2.74 bits per heavy atom. The Morgan fingerprint density at radius 1 is 1.35 bits per heavy atom. The second-order valence-electron chi connectivity index (χ2n) is 4.88. The van der Waals surface area contributed by atoms with E-state index in [1.165, 1.54) is 11.3 Å². The van der Waals surface area contributed by atoms with Crippen LogP contribution in [0.1, 0.15) is 17.0 Å². The second kappa shape index (κ2) is 8.14. The Kier molecular flexibility index (Phi) is 5.93. The van der Waals surface area contributed by atoms with Gasteiger partial charge in [-0.1, -0.05) is 18.2 Å². The van der Waals surface area contributed by atoms with Gasteiger partial charge in [0.05, 0.1) is 5.69 Å². The van der Waals surface area contributed by atoms with Gasteiger partial charge in [-0.25, -0.2) is 9.78 Å². The quantitative estimate of drug-likeness (QED) is 0.381. The zero-order valence-corrected chi connectivity index (χ0v) is 13.7. The summed E-state index contributed by atoms with van der Waals surface area (Å²) in [6.45, 7) is 2.46. The molecular formula is C15H20N6OS. The molecule has 2 rings (SSSR count). The van der Waals surface area contributed by atoms with Crippen LogP contribution in [0, 0.1) is 6.92 Å². The van der Waals surface area contributed by atoms with Crippen LogP contribution < -0.4 is 22.1 Å². The van der Waals surface area contributed by atoms with Crippen LogP contribution in [-0.4, -0.2) is 23.5 Å². The van der Waals surface area contributed by atoms with Gasteiger partial charge in [-0.2, -0.15) is 0 Å². The fourth-order valence-corrected chi connectivity index (χ4v) is 2.84. The smallest absolute Gasteiger partial charge is 0.325 e. The number of anilines is 2. The van der Waals surface area contributed by atoms with E-state index in [-0.39, 0.29) is 5.96 Å². The molecule has 0 saturated heterocycles. The number of rotatable bonds is 5. The number of carbonyl (C=O) groups excluding carboxylic acids is 1. The number of nitrogens with one attached hydrogen (secondary N) is 2. The lowest BCUT2D eigenvalue weighted by molar-refractivity contribution is 0.256. The van der Waals surface area contributed by atoms with Crippen molar-refractivity contribution in [3.63, 3.8) is 0 Å². The number of aliphatic imine (C=N–C) groups is 1. The summed E-state index contributed by atoms with van der Waals surface area (Å²) in [5, 5.41) is 5.74. The number of para-hydroxylation sites is 1. The maximum Gasteiger partial charge on any atom is 0.325 e. The molecule has 0 unspecified atom stereocenters. The molecule has 0 spiro atoms. The van der Waals surface area contributed by atoms with E-state index in [1.54, 1.807) is 12.1 Å². The van der Waals surface area contributed by atoms with Crippen LogP contribution in [0.2, 0.25) is 0 Å². The first-order valence-corrected chi connectivity index (χ1v) is 8.01. The SMILES string of the molecule is Cc1nc(N)sc1CCCN=C(N)NC(=O)Nc1ccccc1. The molecule has 8 heteroatoms. The van der Waals surface area contributed by atoms with Crippen molar-refractivity contribution < 1.29 is 4.79 Å². The zero-order valence-electron chi connectivity index (χ0n) is 12.9. The van der Waals surface area contributed by atoms with E-state index >= 15 is 0 Å². The van der Waals surface area contributed by atoms with Gasteiger partial charge >= 0.3 is 6.03 Å². The third kappa shape index (κ3) is 5.59. The molecule has 1 aromatic heterocycles. The van der Waals surface area contributed by atoms with E-state index in [1.807, 2.05) is 25.1 Å². The fraction of sp³-hybridized carbons (Fsp3) is 0.267. The molecule has 2 aromatic rings.